The molecule has 3 N–H and O–H groups in total. The number of anilines is 1. The standard InChI is InChI=1S/C23H27N3O/c1-4-14-9-17-7-6-16(10-19(17)25-11-14)18-8-13(3)20(23(24)27)22-21(18)15(5-2)12-26-22/h6-8,10-11,14-15,26H,4-5,9,12H2,1-3H3,(H2,24,27). The molecule has 0 aromatic heterocycles. The van der Waals surface area contributed by atoms with Crippen molar-refractivity contribution in [2.24, 2.45) is 16.6 Å². The minimum absolute atomic E-state index is 0.361. The van der Waals surface area contributed by atoms with Crippen molar-refractivity contribution in [1.82, 2.24) is 0 Å². The highest BCUT2D eigenvalue weighted by molar-refractivity contribution is 6.03. The highest BCUT2D eigenvalue weighted by Crippen LogP contribution is 2.45. The van der Waals surface area contributed by atoms with Gasteiger partial charge in [-0.15, -0.1) is 0 Å². The van der Waals surface area contributed by atoms with E-state index in [1.54, 1.807) is 0 Å². The number of rotatable bonds is 4. The van der Waals surface area contributed by atoms with Crippen molar-refractivity contribution in [2.75, 3.05) is 11.9 Å². The summed E-state index contributed by atoms with van der Waals surface area (Å²) in [4.78, 5) is 16.8. The Morgan fingerprint density at radius 3 is 2.78 bits per heavy atom. The largest absolute Gasteiger partial charge is 0.384 e. The van der Waals surface area contributed by atoms with E-state index in [9.17, 15) is 4.79 Å². The molecule has 1 amide bonds. The summed E-state index contributed by atoms with van der Waals surface area (Å²) in [7, 11) is 0. The van der Waals surface area contributed by atoms with E-state index in [1.807, 2.05) is 6.92 Å². The number of carbonyl (C=O) groups excluding carboxylic acids is 1. The zero-order chi connectivity index (χ0) is 19.1. The van der Waals surface area contributed by atoms with Gasteiger partial charge in [-0.1, -0.05) is 32.0 Å². The van der Waals surface area contributed by atoms with Crippen molar-refractivity contribution in [2.45, 2.75) is 46.0 Å². The minimum atomic E-state index is -0.361. The SMILES string of the molecule is CCC1C=Nc2cc(-c3cc(C)c(C(N)=O)c4c3C(CC)CN4)ccc2C1. The molecule has 2 aromatic rings. The van der Waals surface area contributed by atoms with Crippen LogP contribution in [0, 0.1) is 12.8 Å². The number of hydrogen-bond acceptors (Lipinski definition) is 3. The van der Waals surface area contributed by atoms with Gasteiger partial charge in [-0.05, 0) is 66.0 Å². The van der Waals surface area contributed by atoms with E-state index in [0.717, 1.165) is 42.7 Å². The van der Waals surface area contributed by atoms with Gasteiger partial charge in [0.25, 0.3) is 5.91 Å². The number of nitrogens with zero attached hydrogens (tertiary/aromatic N) is 1. The molecule has 0 aliphatic carbocycles. The smallest absolute Gasteiger partial charge is 0.251 e. The highest BCUT2D eigenvalue weighted by atomic mass is 16.1. The van der Waals surface area contributed by atoms with Crippen LogP contribution in [-0.2, 0) is 6.42 Å². The Labute approximate surface area is 160 Å². The van der Waals surface area contributed by atoms with E-state index in [-0.39, 0.29) is 5.91 Å². The summed E-state index contributed by atoms with van der Waals surface area (Å²) >= 11 is 0. The van der Waals surface area contributed by atoms with E-state index in [0.29, 0.717) is 17.4 Å². The van der Waals surface area contributed by atoms with Gasteiger partial charge in [0, 0.05) is 18.7 Å². The number of nitrogens with one attached hydrogen (secondary N) is 1. The first-order valence-electron chi connectivity index (χ1n) is 9.92. The molecule has 4 rings (SSSR count). The Balaban J connectivity index is 1.87. The van der Waals surface area contributed by atoms with E-state index >= 15 is 0 Å². The number of amides is 1. The molecule has 27 heavy (non-hydrogen) atoms. The maximum atomic E-state index is 12.0. The van der Waals surface area contributed by atoms with Crippen LogP contribution >= 0.6 is 0 Å². The van der Waals surface area contributed by atoms with Crippen LogP contribution in [0.25, 0.3) is 11.1 Å². The molecule has 2 aromatic carbocycles. The predicted octanol–water partition coefficient (Wildman–Crippen LogP) is 4.96. The van der Waals surface area contributed by atoms with E-state index in [2.05, 4.69) is 49.6 Å². The van der Waals surface area contributed by atoms with Crippen LogP contribution in [0.5, 0.6) is 0 Å². The number of benzene rings is 2. The van der Waals surface area contributed by atoms with Gasteiger partial charge < -0.3 is 11.1 Å². The molecule has 2 atom stereocenters. The molecule has 0 fully saturated rings. The van der Waals surface area contributed by atoms with Crippen LogP contribution in [0.1, 0.15) is 59.7 Å². The Bertz CT molecular complexity index is 945. The maximum Gasteiger partial charge on any atom is 0.251 e. The fourth-order valence-corrected chi connectivity index (χ4v) is 4.47. The fourth-order valence-electron chi connectivity index (χ4n) is 4.47. The van der Waals surface area contributed by atoms with E-state index in [4.69, 9.17) is 10.7 Å². The summed E-state index contributed by atoms with van der Waals surface area (Å²) < 4.78 is 0. The van der Waals surface area contributed by atoms with E-state index < -0.39 is 0 Å². The lowest BCUT2D eigenvalue weighted by Gasteiger charge is -2.20. The van der Waals surface area contributed by atoms with Crippen LogP contribution in [0.4, 0.5) is 11.4 Å². The van der Waals surface area contributed by atoms with Crippen LogP contribution in [0.2, 0.25) is 0 Å². The Morgan fingerprint density at radius 2 is 2.07 bits per heavy atom. The molecule has 4 nitrogen and oxygen atoms in total. The topological polar surface area (TPSA) is 67.5 Å². The van der Waals surface area contributed by atoms with Gasteiger partial charge >= 0.3 is 0 Å². The Kier molecular flexibility index (Phi) is 4.50. The van der Waals surface area contributed by atoms with Crippen molar-refractivity contribution < 1.29 is 4.79 Å². The zero-order valence-electron chi connectivity index (χ0n) is 16.3. The molecule has 2 unspecified atom stereocenters. The second kappa shape index (κ2) is 6.84. The monoisotopic (exact) mass is 361 g/mol. The number of primary amides is 1. The van der Waals surface area contributed by atoms with Gasteiger partial charge in [-0.3, -0.25) is 9.79 Å². The molecule has 2 aliphatic rings. The normalized spacial score (nSPS) is 20.1. The molecule has 2 heterocycles. The first kappa shape index (κ1) is 17.8. The van der Waals surface area contributed by atoms with Crippen LogP contribution in [-0.4, -0.2) is 18.7 Å². The molecule has 0 spiro atoms. The van der Waals surface area contributed by atoms with Gasteiger partial charge in [0.1, 0.15) is 0 Å². The lowest BCUT2D eigenvalue weighted by atomic mass is 9.85. The van der Waals surface area contributed by atoms with Crippen LogP contribution < -0.4 is 11.1 Å². The molecular weight excluding hydrogens is 334 g/mol. The third kappa shape index (κ3) is 2.93. The summed E-state index contributed by atoms with van der Waals surface area (Å²) in [6.07, 6.45) is 5.30. The number of hydrogen-bond donors (Lipinski definition) is 2. The molecule has 0 radical (unpaired) electrons. The zero-order valence-corrected chi connectivity index (χ0v) is 16.3. The average Bonchev–Trinajstić information content (AvgIpc) is 3.09. The van der Waals surface area contributed by atoms with Crippen molar-refractivity contribution in [1.29, 1.82) is 0 Å². The molecule has 0 saturated carbocycles. The van der Waals surface area contributed by atoms with Gasteiger partial charge in [0.05, 0.1) is 16.9 Å². The first-order valence-corrected chi connectivity index (χ1v) is 9.92. The number of carbonyl (C=O) groups is 1. The minimum Gasteiger partial charge on any atom is -0.384 e. The predicted molar refractivity (Wildman–Crippen MR) is 112 cm³/mol. The fraction of sp³-hybridized carbons (Fsp3) is 0.391. The third-order valence-corrected chi connectivity index (χ3v) is 6.06. The number of aliphatic imine (C=N–C) groups is 1. The molecular formula is C23H27N3O. The first-order chi connectivity index (χ1) is 13.0. The Hall–Kier alpha value is -2.62. The molecule has 0 saturated heterocycles. The van der Waals surface area contributed by atoms with Crippen LogP contribution in [0.3, 0.4) is 0 Å². The number of nitrogens with two attached hydrogens (primary N) is 1. The maximum absolute atomic E-state index is 12.0. The number of fused-ring (bicyclic) bond motifs is 2. The summed E-state index contributed by atoms with van der Waals surface area (Å²) in [5.41, 5.74) is 14.1. The highest BCUT2D eigenvalue weighted by Gasteiger charge is 2.30. The molecule has 140 valence electrons. The van der Waals surface area contributed by atoms with Crippen molar-refractivity contribution in [3.8, 4) is 11.1 Å². The van der Waals surface area contributed by atoms with Gasteiger partial charge in [-0.2, -0.15) is 0 Å². The molecule has 2 aliphatic heterocycles. The Morgan fingerprint density at radius 1 is 1.26 bits per heavy atom. The lowest BCUT2D eigenvalue weighted by Crippen LogP contribution is -2.15. The second-order valence-electron chi connectivity index (χ2n) is 7.75. The summed E-state index contributed by atoms with van der Waals surface area (Å²) in [6.45, 7) is 7.22. The summed E-state index contributed by atoms with van der Waals surface area (Å²) in [6, 6.07) is 8.74. The van der Waals surface area contributed by atoms with Crippen molar-refractivity contribution >= 4 is 23.5 Å². The average molecular weight is 361 g/mol. The lowest BCUT2D eigenvalue weighted by molar-refractivity contribution is 0.100. The summed E-state index contributed by atoms with van der Waals surface area (Å²) in [5, 5.41) is 3.45. The summed E-state index contributed by atoms with van der Waals surface area (Å²) in [5.74, 6) is 0.566. The van der Waals surface area contributed by atoms with Gasteiger partial charge in [0.15, 0.2) is 0 Å². The third-order valence-electron chi connectivity index (χ3n) is 6.06. The van der Waals surface area contributed by atoms with Gasteiger partial charge in [-0.25, -0.2) is 0 Å². The molecule has 4 heteroatoms. The number of aryl methyl sites for hydroxylation is 1. The quantitative estimate of drug-likeness (QED) is 0.808. The molecule has 0 bridgehead atoms. The van der Waals surface area contributed by atoms with Crippen molar-refractivity contribution in [3.05, 3.63) is 46.5 Å². The van der Waals surface area contributed by atoms with E-state index in [1.165, 1.54) is 22.3 Å². The van der Waals surface area contributed by atoms with Gasteiger partial charge in [0.2, 0.25) is 0 Å². The second-order valence-corrected chi connectivity index (χ2v) is 7.75. The van der Waals surface area contributed by atoms with Crippen LogP contribution in [0.15, 0.2) is 29.3 Å². The van der Waals surface area contributed by atoms with Crippen molar-refractivity contribution in [3.63, 3.8) is 0 Å².